The van der Waals surface area contributed by atoms with Crippen molar-refractivity contribution in [2.24, 2.45) is 0 Å². The molecule has 0 aliphatic carbocycles. The number of fused-ring (bicyclic) bond motifs is 2. The van der Waals surface area contributed by atoms with Gasteiger partial charge in [0.1, 0.15) is 0 Å². The second kappa shape index (κ2) is 11.4. The molecule has 2 atom stereocenters. The van der Waals surface area contributed by atoms with Crippen molar-refractivity contribution in [2.75, 3.05) is 73.5 Å². The summed E-state index contributed by atoms with van der Waals surface area (Å²) in [5.41, 5.74) is 0. The smallest absolute Gasteiger partial charge is 0.0648 e. The maximum atomic E-state index is 3.31. The van der Waals surface area contributed by atoms with Gasteiger partial charge in [-0.05, 0) is 72.9 Å². The molecule has 2 aliphatic rings. The summed E-state index contributed by atoms with van der Waals surface area (Å²) in [5.74, 6) is 0. The molecular formula is C18H40N6. The van der Waals surface area contributed by atoms with Gasteiger partial charge in [-0.15, -0.1) is 0 Å². The zero-order valence-electron chi connectivity index (χ0n) is 16.2. The van der Waals surface area contributed by atoms with Crippen molar-refractivity contribution in [3.05, 3.63) is 0 Å². The average Bonchev–Trinajstić information content (AvgIpc) is 2.59. The van der Waals surface area contributed by atoms with E-state index in [4.69, 9.17) is 0 Å². The van der Waals surface area contributed by atoms with Crippen molar-refractivity contribution in [2.45, 2.75) is 44.4 Å². The van der Waals surface area contributed by atoms with Gasteiger partial charge in [0.25, 0.3) is 0 Å². The van der Waals surface area contributed by atoms with E-state index >= 15 is 0 Å². The molecule has 142 valence electrons. The van der Waals surface area contributed by atoms with Crippen LogP contribution in [0.2, 0.25) is 0 Å². The predicted molar refractivity (Wildman–Crippen MR) is 102 cm³/mol. The van der Waals surface area contributed by atoms with E-state index in [1.54, 1.807) is 0 Å². The Hall–Kier alpha value is -0.240. The Kier molecular flexibility index (Phi) is 9.53. The van der Waals surface area contributed by atoms with Crippen molar-refractivity contribution < 1.29 is 0 Å². The van der Waals surface area contributed by atoms with Crippen LogP contribution in [0.4, 0.5) is 0 Å². The third-order valence-electron chi connectivity index (χ3n) is 5.54. The first kappa shape index (κ1) is 20.1. The van der Waals surface area contributed by atoms with Gasteiger partial charge >= 0.3 is 0 Å². The van der Waals surface area contributed by atoms with E-state index in [9.17, 15) is 0 Å². The predicted octanol–water partition coefficient (Wildman–Crippen LogP) is 0.181. The molecule has 2 rings (SSSR count). The molecule has 6 heteroatoms. The maximum Gasteiger partial charge on any atom is 0.0648 e. The summed E-state index contributed by atoms with van der Waals surface area (Å²) in [5, 5.41) is 9.89. The second-order valence-electron chi connectivity index (χ2n) is 7.22. The van der Waals surface area contributed by atoms with Crippen LogP contribution < -0.4 is 16.0 Å². The minimum Gasteiger partial charge on any atom is -0.320 e. The van der Waals surface area contributed by atoms with Crippen molar-refractivity contribution in [1.82, 2.24) is 30.7 Å². The van der Waals surface area contributed by atoms with Gasteiger partial charge in [-0.25, -0.2) is 0 Å². The van der Waals surface area contributed by atoms with Gasteiger partial charge in [-0.1, -0.05) is 0 Å². The lowest BCUT2D eigenvalue weighted by Crippen LogP contribution is -2.67. The summed E-state index contributed by atoms with van der Waals surface area (Å²) in [6.45, 7) is 9.61. The SMILES string of the molecule is CNCCCN1CC[C@H]2N(CCCNC)CC[C@@H]1N2CCCNC. The van der Waals surface area contributed by atoms with Crippen molar-refractivity contribution in [3.8, 4) is 0 Å². The van der Waals surface area contributed by atoms with E-state index in [0.717, 1.165) is 19.6 Å². The summed E-state index contributed by atoms with van der Waals surface area (Å²) < 4.78 is 0. The third-order valence-corrected chi connectivity index (χ3v) is 5.54. The second-order valence-corrected chi connectivity index (χ2v) is 7.22. The molecule has 2 bridgehead atoms. The van der Waals surface area contributed by atoms with Crippen LogP contribution in [0, 0.1) is 0 Å². The van der Waals surface area contributed by atoms with Gasteiger partial charge in [0.05, 0.1) is 12.3 Å². The van der Waals surface area contributed by atoms with Gasteiger partial charge < -0.3 is 16.0 Å². The molecule has 2 aliphatic heterocycles. The summed E-state index contributed by atoms with van der Waals surface area (Å²) in [7, 11) is 6.17. The van der Waals surface area contributed by atoms with Crippen molar-refractivity contribution >= 4 is 0 Å². The molecule has 2 heterocycles. The van der Waals surface area contributed by atoms with E-state index in [1.165, 1.54) is 64.8 Å². The fourth-order valence-electron chi connectivity index (χ4n) is 4.35. The Morgan fingerprint density at radius 3 is 1.50 bits per heavy atom. The minimum absolute atomic E-state index is 0.665. The first-order valence-electron chi connectivity index (χ1n) is 9.99. The van der Waals surface area contributed by atoms with Gasteiger partial charge in [0.15, 0.2) is 0 Å². The lowest BCUT2D eigenvalue weighted by Gasteiger charge is -2.56. The number of hydrogen-bond acceptors (Lipinski definition) is 6. The first-order valence-corrected chi connectivity index (χ1v) is 9.99. The fourth-order valence-corrected chi connectivity index (χ4v) is 4.35. The van der Waals surface area contributed by atoms with Crippen molar-refractivity contribution in [1.29, 1.82) is 0 Å². The van der Waals surface area contributed by atoms with Crippen LogP contribution >= 0.6 is 0 Å². The summed E-state index contributed by atoms with van der Waals surface area (Å²) in [4.78, 5) is 8.30. The molecule has 3 N–H and O–H groups in total. The van der Waals surface area contributed by atoms with E-state index in [1.807, 2.05) is 0 Å². The molecule has 0 spiro atoms. The fraction of sp³-hybridized carbons (Fsp3) is 1.00. The molecule has 0 saturated carbocycles. The molecule has 24 heavy (non-hydrogen) atoms. The van der Waals surface area contributed by atoms with Gasteiger partial charge in [-0.3, -0.25) is 14.7 Å². The van der Waals surface area contributed by atoms with Crippen molar-refractivity contribution in [3.63, 3.8) is 0 Å². The molecule has 0 aromatic rings. The van der Waals surface area contributed by atoms with Gasteiger partial charge in [-0.2, -0.15) is 0 Å². The lowest BCUT2D eigenvalue weighted by molar-refractivity contribution is -0.130. The highest BCUT2D eigenvalue weighted by atomic mass is 15.5. The third kappa shape index (κ3) is 5.64. The summed E-state index contributed by atoms with van der Waals surface area (Å²) >= 11 is 0. The molecule has 0 radical (unpaired) electrons. The highest BCUT2D eigenvalue weighted by molar-refractivity contribution is 4.91. The highest BCUT2D eigenvalue weighted by Crippen LogP contribution is 2.30. The number of rotatable bonds is 12. The first-order chi connectivity index (χ1) is 11.8. The Balaban J connectivity index is 1.93. The standard InChI is InChI=1S/C18H40N6/c1-19-9-4-12-22-15-7-18-23(13-5-10-20-2)16-8-17(22)24(18)14-6-11-21-3/h17-21H,4-16H2,1-3H3/t17-,18-/m0/s1. The monoisotopic (exact) mass is 340 g/mol. The normalized spacial score (nSPS) is 26.1. The Bertz CT molecular complexity index is 301. The summed E-state index contributed by atoms with van der Waals surface area (Å²) in [6, 6.07) is 0. The van der Waals surface area contributed by atoms with Crippen LogP contribution in [0.3, 0.4) is 0 Å². The van der Waals surface area contributed by atoms with Crippen LogP contribution in [0.5, 0.6) is 0 Å². The lowest BCUT2D eigenvalue weighted by atomic mass is 10.0. The zero-order chi connectivity index (χ0) is 17.2. The molecule has 0 amide bonds. The topological polar surface area (TPSA) is 45.8 Å². The number of nitrogens with one attached hydrogen (secondary N) is 3. The summed E-state index contributed by atoms with van der Waals surface area (Å²) in [6.07, 6.45) is 7.70. The minimum atomic E-state index is 0.665. The van der Waals surface area contributed by atoms with Gasteiger partial charge in [0.2, 0.25) is 0 Å². The van der Waals surface area contributed by atoms with E-state index in [0.29, 0.717) is 12.3 Å². The van der Waals surface area contributed by atoms with Crippen LogP contribution in [-0.4, -0.2) is 101 Å². The average molecular weight is 341 g/mol. The highest BCUT2D eigenvalue weighted by Gasteiger charge is 2.41. The molecule has 6 nitrogen and oxygen atoms in total. The van der Waals surface area contributed by atoms with Crippen LogP contribution in [-0.2, 0) is 0 Å². The van der Waals surface area contributed by atoms with Crippen LogP contribution in [0.15, 0.2) is 0 Å². The Morgan fingerprint density at radius 1 is 0.667 bits per heavy atom. The molecule has 0 aromatic heterocycles. The molecule has 2 saturated heterocycles. The number of hydrogen-bond donors (Lipinski definition) is 3. The van der Waals surface area contributed by atoms with E-state index < -0.39 is 0 Å². The Labute approximate surface area is 149 Å². The molecular weight excluding hydrogens is 300 g/mol. The molecule has 2 fully saturated rings. The molecule has 0 unspecified atom stereocenters. The Morgan fingerprint density at radius 2 is 1.08 bits per heavy atom. The largest absolute Gasteiger partial charge is 0.320 e. The van der Waals surface area contributed by atoms with E-state index in [2.05, 4.69) is 51.8 Å². The quantitative estimate of drug-likeness (QED) is 0.441. The number of nitrogens with zero attached hydrogens (tertiary/aromatic N) is 3. The maximum absolute atomic E-state index is 3.31. The molecule has 0 aromatic carbocycles. The van der Waals surface area contributed by atoms with E-state index in [-0.39, 0.29) is 0 Å². The van der Waals surface area contributed by atoms with Gasteiger partial charge in [0, 0.05) is 32.7 Å². The van der Waals surface area contributed by atoms with Crippen LogP contribution in [0.1, 0.15) is 32.1 Å². The van der Waals surface area contributed by atoms with Crippen LogP contribution in [0.25, 0.3) is 0 Å². The zero-order valence-corrected chi connectivity index (χ0v) is 16.2.